The molecule has 1 atom stereocenters. The van der Waals surface area contributed by atoms with E-state index in [0.717, 1.165) is 11.8 Å². The molecule has 2 aromatic rings. The molecule has 3 N–H and O–H groups in total. The third-order valence-electron chi connectivity index (χ3n) is 2.72. The average molecular weight is 262 g/mol. The molecule has 0 spiro atoms. The molecule has 1 amide bonds. The number of furan rings is 1. The van der Waals surface area contributed by atoms with E-state index in [1.807, 2.05) is 13.0 Å². The van der Waals surface area contributed by atoms with Crippen LogP contribution in [0.25, 0.3) is 0 Å². The van der Waals surface area contributed by atoms with E-state index in [0.29, 0.717) is 6.42 Å². The number of nitrogens with one attached hydrogen (secondary N) is 1. The highest BCUT2D eigenvalue weighted by Gasteiger charge is 2.14. The fourth-order valence-corrected chi connectivity index (χ4v) is 1.82. The number of amides is 1. The van der Waals surface area contributed by atoms with Crippen molar-refractivity contribution in [2.24, 2.45) is 0 Å². The minimum atomic E-state index is -0.460. The molecule has 0 bridgehead atoms. The molecular weight excluding hydrogens is 247 g/mol. The Bertz CT molecular complexity index is 567. The number of nitrogen functional groups attached to an aromatic ring is 1. The molecule has 0 radical (unpaired) electrons. The van der Waals surface area contributed by atoms with Crippen LogP contribution in [0.1, 0.15) is 23.0 Å². The van der Waals surface area contributed by atoms with Gasteiger partial charge in [0.05, 0.1) is 11.8 Å². The second-order valence-electron chi connectivity index (χ2n) is 4.39. The molecule has 1 aromatic heterocycles. The first-order valence-electron chi connectivity index (χ1n) is 5.94. The predicted octanol–water partition coefficient (Wildman–Crippen LogP) is 2.36. The molecule has 1 heterocycles. The van der Waals surface area contributed by atoms with Gasteiger partial charge in [0.2, 0.25) is 0 Å². The highest BCUT2D eigenvalue weighted by Crippen LogP contribution is 2.13. The van der Waals surface area contributed by atoms with Crippen molar-refractivity contribution in [2.75, 3.05) is 5.73 Å². The Hall–Kier alpha value is -2.30. The van der Waals surface area contributed by atoms with Crippen molar-refractivity contribution in [1.82, 2.24) is 5.32 Å². The maximum atomic E-state index is 12.9. The Morgan fingerprint density at radius 1 is 1.47 bits per heavy atom. The molecule has 0 saturated carbocycles. The molecule has 19 heavy (non-hydrogen) atoms. The van der Waals surface area contributed by atoms with Crippen molar-refractivity contribution in [3.8, 4) is 0 Å². The van der Waals surface area contributed by atoms with Crippen molar-refractivity contribution in [3.05, 3.63) is 53.7 Å². The fraction of sp³-hybridized carbons (Fsp3) is 0.214. The number of rotatable bonds is 4. The van der Waals surface area contributed by atoms with Crippen molar-refractivity contribution < 1.29 is 13.6 Å². The van der Waals surface area contributed by atoms with Crippen LogP contribution in [0, 0.1) is 5.82 Å². The number of nitrogens with two attached hydrogens (primary N) is 1. The van der Waals surface area contributed by atoms with Gasteiger partial charge in [0.25, 0.3) is 5.91 Å². The average Bonchev–Trinajstić information content (AvgIpc) is 2.81. The number of benzene rings is 1. The maximum absolute atomic E-state index is 12.9. The minimum absolute atomic E-state index is 0.108. The van der Waals surface area contributed by atoms with Gasteiger partial charge in [-0.1, -0.05) is 0 Å². The minimum Gasteiger partial charge on any atom is -0.469 e. The van der Waals surface area contributed by atoms with Gasteiger partial charge in [0, 0.05) is 18.2 Å². The lowest BCUT2D eigenvalue weighted by Gasteiger charge is -2.13. The third kappa shape index (κ3) is 3.34. The fourth-order valence-electron chi connectivity index (χ4n) is 1.82. The van der Waals surface area contributed by atoms with Gasteiger partial charge in [-0.25, -0.2) is 4.39 Å². The van der Waals surface area contributed by atoms with E-state index in [1.54, 1.807) is 12.3 Å². The molecule has 1 aromatic carbocycles. The number of hydrogen-bond donors (Lipinski definition) is 2. The second-order valence-corrected chi connectivity index (χ2v) is 4.39. The van der Waals surface area contributed by atoms with Crippen molar-refractivity contribution in [1.29, 1.82) is 0 Å². The molecule has 5 heteroatoms. The van der Waals surface area contributed by atoms with Gasteiger partial charge in [0.15, 0.2) is 0 Å². The molecule has 0 aliphatic rings. The Morgan fingerprint density at radius 3 is 2.89 bits per heavy atom. The van der Waals surface area contributed by atoms with Gasteiger partial charge in [-0.3, -0.25) is 4.79 Å². The highest BCUT2D eigenvalue weighted by molar-refractivity contribution is 5.99. The second kappa shape index (κ2) is 5.56. The van der Waals surface area contributed by atoms with Crippen molar-refractivity contribution >= 4 is 11.6 Å². The zero-order valence-corrected chi connectivity index (χ0v) is 10.5. The van der Waals surface area contributed by atoms with Crippen LogP contribution < -0.4 is 11.1 Å². The topological polar surface area (TPSA) is 68.3 Å². The largest absolute Gasteiger partial charge is 0.469 e. The quantitative estimate of drug-likeness (QED) is 0.831. The van der Waals surface area contributed by atoms with Crippen LogP contribution >= 0.6 is 0 Å². The number of carbonyl (C=O) groups excluding carboxylic acids is 1. The van der Waals surface area contributed by atoms with Gasteiger partial charge in [-0.05, 0) is 37.3 Å². The van der Waals surface area contributed by atoms with Crippen LogP contribution in [-0.4, -0.2) is 11.9 Å². The summed E-state index contributed by atoms with van der Waals surface area (Å²) in [6, 6.07) is 7.24. The number of hydrogen-bond acceptors (Lipinski definition) is 3. The van der Waals surface area contributed by atoms with E-state index in [-0.39, 0.29) is 23.2 Å². The zero-order valence-electron chi connectivity index (χ0n) is 10.5. The first-order chi connectivity index (χ1) is 9.06. The smallest absolute Gasteiger partial charge is 0.253 e. The summed E-state index contributed by atoms with van der Waals surface area (Å²) in [4.78, 5) is 12.0. The summed E-state index contributed by atoms with van der Waals surface area (Å²) in [7, 11) is 0. The SMILES string of the molecule is CC(Cc1ccco1)NC(=O)c1ccc(F)cc1N. The molecule has 2 rings (SSSR count). The van der Waals surface area contributed by atoms with Gasteiger partial charge < -0.3 is 15.5 Å². The van der Waals surface area contributed by atoms with E-state index in [9.17, 15) is 9.18 Å². The van der Waals surface area contributed by atoms with Gasteiger partial charge in [-0.2, -0.15) is 0 Å². The summed E-state index contributed by atoms with van der Waals surface area (Å²) < 4.78 is 18.1. The van der Waals surface area contributed by atoms with E-state index < -0.39 is 5.82 Å². The highest BCUT2D eigenvalue weighted by atomic mass is 19.1. The van der Waals surface area contributed by atoms with Crippen LogP contribution in [0.5, 0.6) is 0 Å². The maximum Gasteiger partial charge on any atom is 0.253 e. The summed E-state index contributed by atoms with van der Waals surface area (Å²) in [5.41, 5.74) is 6.01. The van der Waals surface area contributed by atoms with Crippen molar-refractivity contribution in [3.63, 3.8) is 0 Å². The molecule has 0 aliphatic carbocycles. The molecule has 4 nitrogen and oxygen atoms in total. The van der Waals surface area contributed by atoms with E-state index in [1.165, 1.54) is 12.1 Å². The third-order valence-corrected chi connectivity index (χ3v) is 2.72. The van der Waals surface area contributed by atoms with Gasteiger partial charge in [-0.15, -0.1) is 0 Å². The van der Waals surface area contributed by atoms with Crippen LogP contribution in [0.4, 0.5) is 10.1 Å². The van der Waals surface area contributed by atoms with Crippen LogP contribution in [0.3, 0.4) is 0 Å². The number of carbonyl (C=O) groups is 1. The molecule has 0 saturated heterocycles. The number of anilines is 1. The molecule has 0 aliphatic heterocycles. The molecular formula is C14H15FN2O2. The first kappa shape index (κ1) is 13.1. The summed E-state index contributed by atoms with van der Waals surface area (Å²) in [5, 5.41) is 2.79. The summed E-state index contributed by atoms with van der Waals surface area (Å²) in [6.07, 6.45) is 2.17. The lowest BCUT2D eigenvalue weighted by molar-refractivity contribution is 0.0940. The monoisotopic (exact) mass is 262 g/mol. The van der Waals surface area contributed by atoms with E-state index in [4.69, 9.17) is 10.2 Å². The predicted molar refractivity (Wildman–Crippen MR) is 70.2 cm³/mol. The summed E-state index contributed by atoms with van der Waals surface area (Å²) in [5.74, 6) is 0.00844. The van der Waals surface area contributed by atoms with Crippen LogP contribution in [0.2, 0.25) is 0 Å². The van der Waals surface area contributed by atoms with Crippen LogP contribution in [-0.2, 0) is 6.42 Å². The Labute approximate surface area is 110 Å². The lowest BCUT2D eigenvalue weighted by atomic mass is 10.1. The Balaban J connectivity index is 2.00. The van der Waals surface area contributed by atoms with Crippen LogP contribution in [0.15, 0.2) is 41.0 Å². The van der Waals surface area contributed by atoms with E-state index in [2.05, 4.69) is 5.32 Å². The van der Waals surface area contributed by atoms with Gasteiger partial charge in [0.1, 0.15) is 11.6 Å². The molecule has 1 unspecified atom stereocenters. The number of halogens is 1. The van der Waals surface area contributed by atoms with E-state index >= 15 is 0 Å². The lowest BCUT2D eigenvalue weighted by Crippen LogP contribution is -2.34. The normalized spacial score (nSPS) is 12.1. The van der Waals surface area contributed by atoms with Gasteiger partial charge >= 0.3 is 0 Å². The molecule has 0 fully saturated rings. The molecule has 100 valence electrons. The Kier molecular flexibility index (Phi) is 3.85. The Morgan fingerprint density at radius 2 is 2.26 bits per heavy atom. The first-order valence-corrected chi connectivity index (χ1v) is 5.94. The van der Waals surface area contributed by atoms with Crippen molar-refractivity contribution in [2.45, 2.75) is 19.4 Å². The standard InChI is InChI=1S/C14H15FN2O2/c1-9(7-11-3-2-6-19-11)17-14(18)12-5-4-10(15)8-13(12)16/h2-6,8-9H,7,16H2,1H3,(H,17,18). The zero-order chi connectivity index (χ0) is 13.8. The summed E-state index contributed by atoms with van der Waals surface area (Å²) in [6.45, 7) is 1.86. The summed E-state index contributed by atoms with van der Waals surface area (Å²) >= 11 is 0.